The monoisotopic (exact) mass is 251 g/mol. The van der Waals surface area contributed by atoms with E-state index in [2.05, 4.69) is 10.3 Å². The smallest absolute Gasteiger partial charge is 0.271 e. The molecule has 2 rings (SSSR count). The predicted octanol–water partition coefficient (Wildman–Crippen LogP) is 0.983. The lowest BCUT2D eigenvalue weighted by Gasteiger charge is -2.09. The van der Waals surface area contributed by atoms with Gasteiger partial charge in [0.15, 0.2) is 0 Å². The first kappa shape index (κ1) is 11.8. The molecule has 0 fully saturated rings. The Morgan fingerprint density at radius 2 is 2.35 bits per heavy atom. The molecule has 2 aromatic rings. The van der Waals surface area contributed by atoms with Crippen LogP contribution in [0.3, 0.4) is 0 Å². The second kappa shape index (κ2) is 4.67. The summed E-state index contributed by atoms with van der Waals surface area (Å²) in [5, 5.41) is 4.55. The lowest BCUT2D eigenvalue weighted by Crippen LogP contribution is -2.35. The summed E-state index contributed by atoms with van der Waals surface area (Å²) in [4.78, 5) is 27.6. The molecule has 0 atom stereocenters. The number of carbonyl (C=O) groups is 1. The van der Waals surface area contributed by atoms with Gasteiger partial charge in [-0.05, 0) is 25.3 Å². The molecule has 6 heteroatoms. The standard InChI is InChI=1S/C11H13N3O2S/c1-7(2)13-9(15)5-14-6-12-8-3-4-17-10(8)11(14)16/h3-4,6-7H,5H2,1-2H3,(H,13,15). The summed E-state index contributed by atoms with van der Waals surface area (Å²) in [6.45, 7) is 3.76. The van der Waals surface area contributed by atoms with Crippen LogP contribution in [0, 0.1) is 0 Å². The van der Waals surface area contributed by atoms with Crippen molar-refractivity contribution in [2.75, 3.05) is 0 Å². The van der Waals surface area contributed by atoms with Crippen molar-refractivity contribution in [2.24, 2.45) is 0 Å². The molecule has 0 aliphatic heterocycles. The minimum atomic E-state index is -0.181. The van der Waals surface area contributed by atoms with E-state index in [1.807, 2.05) is 19.2 Å². The Hall–Kier alpha value is -1.69. The Morgan fingerprint density at radius 3 is 3.06 bits per heavy atom. The van der Waals surface area contributed by atoms with Gasteiger partial charge in [0.25, 0.3) is 5.56 Å². The quantitative estimate of drug-likeness (QED) is 0.884. The molecular formula is C11H13N3O2S. The normalized spacial score (nSPS) is 11.0. The van der Waals surface area contributed by atoms with E-state index in [1.165, 1.54) is 22.2 Å². The van der Waals surface area contributed by atoms with Gasteiger partial charge in [0.2, 0.25) is 5.91 Å². The summed E-state index contributed by atoms with van der Waals surface area (Å²) in [6.07, 6.45) is 1.41. The molecule has 1 N–H and O–H groups in total. The highest BCUT2D eigenvalue weighted by atomic mass is 32.1. The second-order valence-corrected chi connectivity index (χ2v) is 4.95. The molecule has 0 aromatic carbocycles. The van der Waals surface area contributed by atoms with E-state index < -0.39 is 0 Å². The molecule has 0 aliphatic rings. The number of carbonyl (C=O) groups excluding carboxylic acids is 1. The van der Waals surface area contributed by atoms with Gasteiger partial charge in [0, 0.05) is 6.04 Å². The first-order valence-corrected chi connectivity index (χ1v) is 6.18. The molecule has 1 amide bonds. The maximum atomic E-state index is 12.0. The SMILES string of the molecule is CC(C)NC(=O)Cn1cnc2ccsc2c1=O. The number of fused-ring (bicyclic) bond motifs is 1. The number of nitrogens with one attached hydrogen (secondary N) is 1. The van der Waals surface area contributed by atoms with Crippen molar-refractivity contribution in [1.82, 2.24) is 14.9 Å². The van der Waals surface area contributed by atoms with Gasteiger partial charge in [-0.2, -0.15) is 0 Å². The van der Waals surface area contributed by atoms with Gasteiger partial charge in [0.05, 0.1) is 11.8 Å². The molecular weight excluding hydrogens is 238 g/mol. The zero-order valence-electron chi connectivity index (χ0n) is 9.64. The van der Waals surface area contributed by atoms with Gasteiger partial charge in [-0.25, -0.2) is 4.98 Å². The fourth-order valence-corrected chi connectivity index (χ4v) is 2.31. The average molecular weight is 251 g/mol. The van der Waals surface area contributed by atoms with E-state index in [1.54, 1.807) is 6.07 Å². The first-order valence-electron chi connectivity index (χ1n) is 5.30. The molecule has 0 spiro atoms. The van der Waals surface area contributed by atoms with Crippen LogP contribution in [0.1, 0.15) is 13.8 Å². The van der Waals surface area contributed by atoms with Gasteiger partial charge in [-0.3, -0.25) is 14.2 Å². The van der Waals surface area contributed by atoms with Crippen molar-refractivity contribution in [3.05, 3.63) is 28.1 Å². The third-order valence-electron chi connectivity index (χ3n) is 2.20. The number of hydrogen-bond donors (Lipinski definition) is 1. The predicted molar refractivity (Wildman–Crippen MR) is 67.2 cm³/mol. The zero-order valence-corrected chi connectivity index (χ0v) is 10.5. The van der Waals surface area contributed by atoms with E-state index in [-0.39, 0.29) is 24.1 Å². The molecule has 0 aliphatic carbocycles. The number of nitrogens with zero attached hydrogens (tertiary/aromatic N) is 2. The number of amides is 1. The number of rotatable bonds is 3. The van der Waals surface area contributed by atoms with Crippen molar-refractivity contribution in [2.45, 2.75) is 26.4 Å². The highest BCUT2D eigenvalue weighted by Gasteiger charge is 2.09. The van der Waals surface area contributed by atoms with E-state index >= 15 is 0 Å². The first-order chi connectivity index (χ1) is 8.08. The maximum Gasteiger partial charge on any atom is 0.271 e. The van der Waals surface area contributed by atoms with Crippen LogP contribution < -0.4 is 10.9 Å². The Balaban J connectivity index is 2.27. The molecule has 0 bridgehead atoms. The third kappa shape index (κ3) is 2.52. The topological polar surface area (TPSA) is 64.0 Å². The van der Waals surface area contributed by atoms with Gasteiger partial charge >= 0.3 is 0 Å². The largest absolute Gasteiger partial charge is 0.352 e. The number of hydrogen-bond acceptors (Lipinski definition) is 4. The Labute approximate surface area is 102 Å². The van der Waals surface area contributed by atoms with E-state index in [0.717, 1.165) is 0 Å². The van der Waals surface area contributed by atoms with Crippen molar-refractivity contribution in [3.63, 3.8) is 0 Å². The lowest BCUT2D eigenvalue weighted by molar-refractivity contribution is -0.122. The number of thiophene rings is 1. The molecule has 0 unspecified atom stereocenters. The summed E-state index contributed by atoms with van der Waals surface area (Å²) in [5.74, 6) is -0.181. The minimum absolute atomic E-state index is 0.0118. The van der Waals surface area contributed by atoms with Crippen LogP contribution in [0.2, 0.25) is 0 Å². The van der Waals surface area contributed by atoms with E-state index in [4.69, 9.17) is 0 Å². The summed E-state index contributed by atoms with van der Waals surface area (Å²) < 4.78 is 1.92. The molecule has 5 nitrogen and oxygen atoms in total. The lowest BCUT2D eigenvalue weighted by atomic mass is 10.4. The Kier molecular flexibility index (Phi) is 3.23. The molecule has 17 heavy (non-hydrogen) atoms. The van der Waals surface area contributed by atoms with Crippen molar-refractivity contribution in [3.8, 4) is 0 Å². The Bertz CT molecular complexity index is 600. The highest BCUT2D eigenvalue weighted by Crippen LogP contribution is 2.12. The van der Waals surface area contributed by atoms with Gasteiger partial charge in [0.1, 0.15) is 11.2 Å². The fraction of sp³-hybridized carbons (Fsp3) is 0.364. The van der Waals surface area contributed by atoms with Crippen LogP contribution in [-0.2, 0) is 11.3 Å². The summed E-state index contributed by atoms with van der Waals surface area (Å²) in [7, 11) is 0. The fourth-order valence-electron chi connectivity index (χ4n) is 1.51. The van der Waals surface area contributed by atoms with Crippen molar-refractivity contribution in [1.29, 1.82) is 0 Å². The highest BCUT2D eigenvalue weighted by molar-refractivity contribution is 7.17. The van der Waals surface area contributed by atoms with Crippen molar-refractivity contribution >= 4 is 27.5 Å². The van der Waals surface area contributed by atoms with Crippen LogP contribution in [0.5, 0.6) is 0 Å². The summed E-state index contributed by atoms with van der Waals surface area (Å²) in [5.41, 5.74) is 0.518. The van der Waals surface area contributed by atoms with Gasteiger partial charge in [-0.1, -0.05) is 0 Å². The third-order valence-corrected chi connectivity index (χ3v) is 3.09. The second-order valence-electron chi connectivity index (χ2n) is 4.03. The zero-order chi connectivity index (χ0) is 12.4. The molecule has 90 valence electrons. The summed E-state index contributed by atoms with van der Waals surface area (Å²) in [6, 6.07) is 1.86. The van der Waals surface area contributed by atoms with Crippen LogP contribution in [0.15, 0.2) is 22.6 Å². The molecule has 0 saturated carbocycles. The van der Waals surface area contributed by atoms with Crippen LogP contribution in [0.4, 0.5) is 0 Å². The van der Waals surface area contributed by atoms with E-state index in [9.17, 15) is 9.59 Å². The van der Waals surface area contributed by atoms with Crippen LogP contribution in [-0.4, -0.2) is 21.5 Å². The van der Waals surface area contributed by atoms with E-state index in [0.29, 0.717) is 10.2 Å². The Morgan fingerprint density at radius 1 is 1.59 bits per heavy atom. The summed E-state index contributed by atoms with van der Waals surface area (Å²) >= 11 is 1.34. The molecule has 2 heterocycles. The van der Waals surface area contributed by atoms with Gasteiger partial charge in [-0.15, -0.1) is 11.3 Å². The van der Waals surface area contributed by atoms with Crippen molar-refractivity contribution < 1.29 is 4.79 Å². The molecule has 0 radical (unpaired) electrons. The van der Waals surface area contributed by atoms with Crippen LogP contribution in [0.25, 0.3) is 10.2 Å². The molecule has 0 saturated heterocycles. The average Bonchev–Trinajstić information content (AvgIpc) is 2.69. The maximum absolute atomic E-state index is 12.0. The van der Waals surface area contributed by atoms with Crippen LogP contribution >= 0.6 is 11.3 Å². The van der Waals surface area contributed by atoms with Gasteiger partial charge < -0.3 is 5.32 Å². The minimum Gasteiger partial charge on any atom is -0.352 e. The molecule has 2 aromatic heterocycles. The number of aromatic nitrogens is 2.